The number of nitrogens with zero attached hydrogens (tertiary/aromatic N) is 3. The SMILES string of the molecule is O=C(CN1C(=O)S/C(=C/c2ccc(Oc3ccc(C(F)(F)F)cc3[N+](=O)[O-])c(Br)c2)C1=O)N1CCOCC1. The lowest BCUT2D eigenvalue weighted by Gasteiger charge is -2.28. The zero-order chi connectivity index (χ0) is 27.6. The van der Waals surface area contributed by atoms with Gasteiger partial charge >= 0.3 is 11.9 Å². The monoisotopic (exact) mass is 615 g/mol. The quantitative estimate of drug-likeness (QED) is 0.251. The Balaban J connectivity index is 1.49. The van der Waals surface area contributed by atoms with Crippen LogP contribution in [0.2, 0.25) is 0 Å². The van der Waals surface area contributed by atoms with Crippen LogP contribution in [0.25, 0.3) is 6.08 Å². The summed E-state index contributed by atoms with van der Waals surface area (Å²) >= 11 is 3.92. The van der Waals surface area contributed by atoms with Gasteiger partial charge in [0, 0.05) is 19.2 Å². The van der Waals surface area contributed by atoms with Gasteiger partial charge in [-0.2, -0.15) is 13.2 Å². The van der Waals surface area contributed by atoms with Crippen LogP contribution in [-0.2, 0) is 20.5 Å². The summed E-state index contributed by atoms with van der Waals surface area (Å²) in [6.45, 7) is 1.14. The normalized spacial score (nSPS) is 17.3. The van der Waals surface area contributed by atoms with E-state index in [9.17, 15) is 37.7 Å². The highest BCUT2D eigenvalue weighted by molar-refractivity contribution is 9.10. The van der Waals surface area contributed by atoms with Gasteiger partial charge < -0.3 is 14.4 Å². The van der Waals surface area contributed by atoms with E-state index in [4.69, 9.17) is 9.47 Å². The number of ether oxygens (including phenoxy) is 2. The Labute approximate surface area is 225 Å². The number of imide groups is 1. The van der Waals surface area contributed by atoms with Gasteiger partial charge in [-0.05, 0) is 63.6 Å². The number of thioether (sulfide) groups is 1. The number of hydrogen-bond acceptors (Lipinski definition) is 8. The van der Waals surface area contributed by atoms with Crippen molar-refractivity contribution < 1.29 is 42.0 Å². The van der Waals surface area contributed by atoms with Gasteiger partial charge in [0.1, 0.15) is 12.3 Å². The van der Waals surface area contributed by atoms with Crippen molar-refractivity contribution in [3.63, 3.8) is 0 Å². The summed E-state index contributed by atoms with van der Waals surface area (Å²) in [6.07, 6.45) is -3.33. The molecule has 0 radical (unpaired) electrons. The smallest absolute Gasteiger partial charge is 0.416 e. The first-order valence-corrected chi connectivity index (χ1v) is 12.5. The molecule has 4 rings (SSSR count). The molecule has 0 aromatic heterocycles. The van der Waals surface area contributed by atoms with E-state index in [0.29, 0.717) is 55.8 Å². The molecule has 200 valence electrons. The van der Waals surface area contributed by atoms with E-state index in [0.717, 1.165) is 11.0 Å². The van der Waals surface area contributed by atoms with Crippen molar-refractivity contribution in [2.75, 3.05) is 32.8 Å². The van der Waals surface area contributed by atoms with E-state index < -0.39 is 39.2 Å². The Morgan fingerprint density at radius 1 is 1.16 bits per heavy atom. The molecule has 2 aliphatic rings. The fraction of sp³-hybridized carbons (Fsp3) is 0.261. The second-order valence-electron chi connectivity index (χ2n) is 7.99. The maximum atomic E-state index is 12.9. The summed E-state index contributed by atoms with van der Waals surface area (Å²) < 4.78 is 49.8. The minimum absolute atomic E-state index is 0.0641. The second kappa shape index (κ2) is 11.1. The van der Waals surface area contributed by atoms with Gasteiger partial charge in [-0.3, -0.25) is 29.4 Å². The van der Waals surface area contributed by atoms with Crippen LogP contribution in [0.4, 0.5) is 23.7 Å². The predicted octanol–water partition coefficient (Wildman–Crippen LogP) is 5.06. The zero-order valence-corrected chi connectivity index (χ0v) is 21.6. The molecule has 0 unspecified atom stereocenters. The van der Waals surface area contributed by atoms with E-state index in [1.807, 2.05) is 0 Å². The standard InChI is InChI=1S/C23H17BrF3N3O7S/c24-15-9-13(1-3-17(15)37-18-4-2-14(23(25,26)27)11-16(18)30(34)35)10-19-21(32)29(22(33)38-19)12-20(31)28-5-7-36-8-6-28/h1-4,9-11H,5-8,12H2/b19-10+. The molecule has 2 aromatic rings. The Kier molecular flexibility index (Phi) is 8.08. The maximum Gasteiger partial charge on any atom is 0.416 e. The number of morpholine rings is 1. The summed E-state index contributed by atoms with van der Waals surface area (Å²) in [5.74, 6) is -1.33. The van der Waals surface area contributed by atoms with Crippen molar-refractivity contribution in [3.8, 4) is 11.5 Å². The number of benzene rings is 2. The minimum Gasteiger partial charge on any atom is -0.449 e. The zero-order valence-electron chi connectivity index (χ0n) is 19.2. The third kappa shape index (κ3) is 6.16. The summed E-state index contributed by atoms with van der Waals surface area (Å²) in [7, 11) is 0. The van der Waals surface area contributed by atoms with E-state index in [1.165, 1.54) is 29.2 Å². The van der Waals surface area contributed by atoms with Crippen LogP contribution >= 0.6 is 27.7 Å². The van der Waals surface area contributed by atoms with E-state index in [1.54, 1.807) is 0 Å². The number of halogens is 4. The molecule has 0 N–H and O–H groups in total. The minimum atomic E-state index is -4.76. The number of rotatable bonds is 6. The number of carbonyl (C=O) groups excluding carboxylic acids is 3. The molecule has 0 aliphatic carbocycles. The third-order valence-electron chi connectivity index (χ3n) is 5.49. The molecule has 3 amide bonds. The van der Waals surface area contributed by atoms with Crippen molar-refractivity contribution in [1.82, 2.24) is 9.80 Å². The van der Waals surface area contributed by atoms with Gasteiger partial charge in [-0.25, -0.2) is 0 Å². The number of nitro groups is 1. The molecule has 0 saturated carbocycles. The van der Waals surface area contributed by atoms with Gasteiger partial charge in [-0.1, -0.05) is 6.07 Å². The molecular formula is C23H17BrF3N3O7S. The highest BCUT2D eigenvalue weighted by Gasteiger charge is 2.37. The number of amides is 3. The van der Waals surface area contributed by atoms with Crippen LogP contribution in [0.5, 0.6) is 11.5 Å². The summed E-state index contributed by atoms with van der Waals surface area (Å²) in [6, 6.07) is 6.29. The molecule has 15 heteroatoms. The number of carbonyl (C=O) groups is 3. The van der Waals surface area contributed by atoms with Crippen LogP contribution in [0.1, 0.15) is 11.1 Å². The number of nitro benzene ring substituents is 1. The Hall–Kier alpha value is -3.43. The average Bonchev–Trinajstić information content (AvgIpc) is 3.12. The first kappa shape index (κ1) is 27.6. The van der Waals surface area contributed by atoms with Crippen LogP contribution < -0.4 is 4.74 Å². The van der Waals surface area contributed by atoms with Crippen LogP contribution in [0.15, 0.2) is 45.8 Å². The lowest BCUT2D eigenvalue weighted by molar-refractivity contribution is -0.385. The predicted molar refractivity (Wildman–Crippen MR) is 132 cm³/mol. The van der Waals surface area contributed by atoms with Crippen molar-refractivity contribution >= 4 is 56.5 Å². The molecule has 10 nitrogen and oxygen atoms in total. The van der Waals surface area contributed by atoms with Crippen molar-refractivity contribution in [2.45, 2.75) is 6.18 Å². The Morgan fingerprint density at radius 2 is 1.84 bits per heavy atom. The van der Waals surface area contributed by atoms with Gasteiger partial charge in [0.2, 0.25) is 11.7 Å². The van der Waals surface area contributed by atoms with Crippen LogP contribution in [-0.4, -0.2) is 64.6 Å². The van der Waals surface area contributed by atoms with Crippen LogP contribution in [0, 0.1) is 10.1 Å². The molecule has 0 atom stereocenters. The highest BCUT2D eigenvalue weighted by Crippen LogP contribution is 2.40. The van der Waals surface area contributed by atoms with Crippen molar-refractivity contribution in [3.05, 3.63) is 67.0 Å². The van der Waals surface area contributed by atoms with Gasteiger partial charge in [0.15, 0.2) is 0 Å². The second-order valence-corrected chi connectivity index (χ2v) is 9.84. The van der Waals surface area contributed by atoms with E-state index in [2.05, 4.69) is 15.9 Å². The van der Waals surface area contributed by atoms with Gasteiger partial charge in [0.25, 0.3) is 11.1 Å². The molecule has 2 saturated heterocycles. The van der Waals surface area contributed by atoms with Gasteiger partial charge in [-0.15, -0.1) is 0 Å². The molecule has 38 heavy (non-hydrogen) atoms. The topological polar surface area (TPSA) is 119 Å². The van der Waals surface area contributed by atoms with Crippen LogP contribution in [0.3, 0.4) is 0 Å². The first-order valence-electron chi connectivity index (χ1n) is 10.9. The molecule has 0 spiro atoms. The molecule has 0 bridgehead atoms. The lowest BCUT2D eigenvalue weighted by atomic mass is 10.1. The lowest BCUT2D eigenvalue weighted by Crippen LogP contribution is -2.46. The summed E-state index contributed by atoms with van der Waals surface area (Å²) in [4.78, 5) is 50.4. The maximum absolute atomic E-state index is 12.9. The average molecular weight is 616 g/mol. The molecule has 2 aliphatic heterocycles. The number of hydrogen-bond donors (Lipinski definition) is 0. The third-order valence-corrected chi connectivity index (χ3v) is 7.01. The molecule has 2 fully saturated rings. The highest BCUT2D eigenvalue weighted by atomic mass is 79.9. The van der Waals surface area contributed by atoms with Crippen molar-refractivity contribution in [2.24, 2.45) is 0 Å². The first-order chi connectivity index (χ1) is 17.9. The van der Waals surface area contributed by atoms with E-state index in [-0.39, 0.29) is 27.6 Å². The van der Waals surface area contributed by atoms with Gasteiger partial charge in [0.05, 0.1) is 33.1 Å². The molecular weight excluding hydrogens is 599 g/mol. The fourth-order valence-corrected chi connectivity index (χ4v) is 4.88. The van der Waals surface area contributed by atoms with Crippen molar-refractivity contribution in [1.29, 1.82) is 0 Å². The van der Waals surface area contributed by atoms with E-state index >= 15 is 0 Å². The molecule has 2 aromatic carbocycles. The largest absolute Gasteiger partial charge is 0.449 e. The number of alkyl halides is 3. The molecule has 2 heterocycles. The Morgan fingerprint density at radius 3 is 2.47 bits per heavy atom. The Bertz CT molecular complexity index is 1350. The summed E-state index contributed by atoms with van der Waals surface area (Å²) in [5, 5.41) is 10.7. The fourth-order valence-electron chi connectivity index (χ4n) is 3.57. The summed E-state index contributed by atoms with van der Waals surface area (Å²) in [5.41, 5.74) is -1.60.